The van der Waals surface area contributed by atoms with Crippen LogP contribution in [0.3, 0.4) is 0 Å². The van der Waals surface area contributed by atoms with Crippen molar-refractivity contribution in [3.8, 4) is 0 Å². The first-order valence-corrected chi connectivity index (χ1v) is 5.24. The Balaban J connectivity index is 2.61. The average molecular weight is 226 g/mol. The van der Waals surface area contributed by atoms with Crippen molar-refractivity contribution in [1.29, 1.82) is 0 Å². The van der Waals surface area contributed by atoms with Gasteiger partial charge >= 0.3 is 0 Å². The fraction of sp³-hybridized carbons (Fsp3) is 0.333. The molecule has 3 heteroatoms. The molecule has 0 aliphatic carbocycles. The molecule has 0 atom stereocenters. The summed E-state index contributed by atoms with van der Waals surface area (Å²) in [5.41, 5.74) is 2.74. The predicted octanol–water partition coefficient (Wildman–Crippen LogP) is 4.09. The molecule has 1 nitrogen and oxygen atoms in total. The first-order chi connectivity index (χ1) is 6.89. The number of fused-ring (bicyclic) bond motifs is 1. The molecule has 0 saturated carbocycles. The summed E-state index contributed by atoms with van der Waals surface area (Å²) in [7, 11) is 0. The molecule has 2 rings (SSSR count). The van der Waals surface area contributed by atoms with Gasteiger partial charge in [0.2, 0.25) is 0 Å². The van der Waals surface area contributed by atoms with Crippen LogP contribution < -0.4 is 5.32 Å². The van der Waals surface area contributed by atoms with Crippen LogP contribution in [-0.4, -0.2) is 5.54 Å². The van der Waals surface area contributed by atoms with Crippen LogP contribution in [0.4, 0.5) is 10.1 Å². The van der Waals surface area contributed by atoms with Crippen molar-refractivity contribution in [2.24, 2.45) is 0 Å². The quantitative estimate of drug-likeness (QED) is 0.702. The molecule has 15 heavy (non-hydrogen) atoms. The third-order valence-electron chi connectivity index (χ3n) is 2.52. The molecule has 1 aliphatic heterocycles. The molecule has 0 aromatic heterocycles. The number of rotatable bonds is 0. The predicted molar refractivity (Wildman–Crippen MR) is 62.8 cm³/mol. The maximum Gasteiger partial charge on any atom is 0.142 e. The Morgan fingerprint density at radius 1 is 1.33 bits per heavy atom. The molecule has 80 valence electrons. The van der Waals surface area contributed by atoms with Crippen LogP contribution in [0.15, 0.2) is 18.2 Å². The van der Waals surface area contributed by atoms with Crippen LogP contribution in [-0.2, 0) is 0 Å². The van der Waals surface area contributed by atoms with Crippen molar-refractivity contribution in [2.75, 3.05) is 5.32 Å². The number of anilines is 1. The SMILES string of the molecule is CC1=CC(C)(C)Nc2cc(Cl)c(F)cc21. The number of hydrogen-bond acceptors (Lipinski definition) is 1. The van der Waals surface area contributed by atoms with Gasteiger partial charge in [0.15, 0.2) is 0 Å². The zero-order chi connectivity index (χ0) is 11.2. The summed E-state index contributed by atoms with van der Waals surface area (Å²) >= 11 is 5.75. The van der Waals surface area contributed by atoms with E-state index in [1.54, 1.807) is 6.07 Å². The molecule has 1 aromatic carbocycles. The molecular formula is C12H13ClFN. The number of allylic oxidation sites excluding steroid dienone is 1. The van der Waals surface area contributed by atoms with E-state index in [4.69, 9.17) is 11.6 Å². The van der Waals surface area contributed by atoms with Gasteiger partial charge < -0.3 is 5.32 Å². The zero-order valence-corrected chi connectivity index (χ0v) is 9.74. The maximum atomic E-state index is 13.3. The first-order valence-electron chi connectivity index (χ1n) is 4.86. The summed E-state index contributed by atoms with van der Waals surface area (Å²) in [5, 5.41) is 3.47. The summed E-state index contributed by atoms with van der Waals surface area (Å²) in [4.78, 5) is 0. The Bertz CT molecular complexity index is 449. The molecule has 1 heterocycles. The van der Waals surface area contributed by atoms with Crippen LogP contribution >= 0.6 is 11.6 Å². The van der Waals surface area contributed by atoms with E-state index < -0.39 is 0 Å². The number of hydrogen-bond donors (Lipinski definition) is 1. The lowest BCUT2D eigenvalue weighted by Gasteiger charge is -2.31. The Morgan fingerprint density at radius 3 is 2.67 bits per heavy atom. The summed E-state index contributed by atoms with van der Waals surface area (Å²) in [6, 6.07) is 3.12. The van der Waals surface area contributed by atoms with E-state index in [-0.39, 0.29) is 16.4 Å². The van der Waals surface area contributed by atoms with E-state index in [0.29, 0.717) is 0 Å². The van der Waals surface area contributed by atoms with E-state index in [1.165, 1.54) is 6.07 Å². The van der Waals surface area contributed by atoms with Gasteiger partial charge in [0, 0.05) is 11.3 Å². The topological polar surface area (TPSA) is 12.0 Å². The highest BCUT2D eigenvalue weighted by atomic mass is 35.5. The second-order valence-electron chi connectivity index (χ2n) is 4.49. The van der Waals surface area contributed by atoms with E-state index >= 15 is 0 Å². The highest BCUT2D eigenvalue weighted by molar-refractivity contribution is 6.31. The average Bonchev–Trinajstić information content (AvgIpc) is 2.07. The minimum atomic E-state index is -0.371. The van der Waals surface area contributed by atoms with Gasteiger partial charge in [-0.15, -0.1) is 0 Å². The lowest BCUT2D eigenvalue weighted by atomic mass is 9.91. The van der Waals surface area contributed by atoms with Gasteiger partial charge in [-0.2, -0.15) is 0 Å². The van der Waals surface area contributed by atoms with Crippen molar-refractivity contribution in [1.82, 2.24) is 0 Å². The normalized spacial score (nSPS) is 17.8. The Labute approximate surface area is 93.9 Å². The fourth-order valence-corrected chi connectivity index (χ4v) is 2.14. The van der Waals surface area contributed by atoms with Crippen molar-refractivity contribution < 1.29 is 4.39 Å². The lowest BCUT2D eigenvalue weighted by Crippen LogP contribution is -2.31. The van der Waals surface area contributed by atoms with Crippen LogP contribution in [0, 0.1) is 5.82 Å². The summed E-state index contributed by atoms with van der Waals surface area (Å²) in [6.45, 7) is 6.11. The van der Waals surface area contributed by atoms with Crippen molar-refractivity contribution >= 4 is 22.9 Å². The van der Waals surface area contributed by atoms with Gasteiger partial charge in [-0.25, -0.2) is 4.39 Å². The first kappa shape index (κ1) is 10.5. The molecule has 0 amide bonds. The molecule has 0 fully saturated rings. The Kier molecular flexibility index (Phi) is 2.27. The largest absolute Gasteiger partial charge is 0.376 e. The highest BCUT2D eigenvalue weighted by Gasteiger charge is 2.23. The highest BCUT2D eigenvalue weighted by Crippen LogP contribution is 2.36. The molecule has 1 aromatic rings. The van der Waals surface area contributed by atoms with Crippen molar-refractivity contribution in [3.05, 3.63) is 34.6 Å². The minimum absolute atomic E-state index is 0.113. The lowest BCUT2D eigenvalue weighted by molar-refractivity contribution is 0.626. The third kappa shape index (κ3) is 1.86. The fourth-order valence-electron chi connectivity index (χ4n) is 1.98. The number of halogens is 2. The van der Waals surface area contributed by atoms with Crippen molar-refractivity contribution in [3.63, 3.8) is 0 Å². The second kappa shape index (κ2) is 3.24. The molecule has 0 spiro atoms. The smallest absolute Gasteiger partial charge is 0.142 e. The van der Waals surface area contributed by atoms with Gasteiger partial charge in [-0.1, -0.05) is 17.7 Å². The van der Waals surface area contributed by atoms with E-state index in [2.05, 4.69) is 25.2 Å². The van der Waals surface area contributed by atoms with Crippen LogP contribution in [0.2, 0.25) is 5.02 Å². The van der Waals surface area contributed by atoms with E-state index in [9.17, 15) is 4.39 Å². The Hall–Kier alpha value is -1.02. The van der Waals surface area contributed by atoms with Gasteiger partial charge in [0.05, 0.1) is 10.6 Å². The molecular weight excluding hydrogens is 213 g/mol. The van der Waals surface area contributed by atoms with Crippen molar-refractivity contribution in [2.45, 2.75) is 26.3 Å². The molecule has 1 aliphatic rings. The van der Waals surface area contributed by atoms with Gasteiger partial charge in [-0.05, 0) is 38.5 Å². The molecule has 1 N–H and O–H groups in total. The number of benzene rings is 1. The molecule has 0 radical (unpaired) electrons. The van der Waals surface area contributed by atoms with Gasteiger partial charge in [-0.3, -0.25) is 0 Å². The van der Waals surface area contributed by atoms with Gasteiger partial charge in [0.1, 0.15) is 5.82 Å². The summed E-state index contributed by atoms with van der Waals surface area (Å²) in [6.07, 6.45) is 2.09. The van der Waals surface area contributed by atoms with Gasteiger partial charge in [0.25, 0.3) is 0 Å². The monoisotopic (exact) mass is 225 g/mol. The third-order valence-corrected chi connectivity index (χ3v) is 2.81. The maximum absolute atomic E-state index is 13.3. The zero-order valence-electron chi connectivity index (χ0n) is 8.99. The van der Waals surface area contributed by atoms with Crippen LogP contribution in [0.1, 0.15) is 26.3 Å². The second-order valence-corrected chi connectivity index (χ2v) is 4.89. The van der Waals surface area contributed by atoms with Crippen LogP contribution in [0.25, 0.3) is 5.57 Å². The molecule has 0 unspecified atom stereocenters. The molecule has 0 bridgehead atoms. The summed E-state index contributed by atoms with van der Waals surface area (Å²) < 4.78 is 13.3. The van der Waals surface area contributed by atoms with Crippen LogP contribution in [0.5, 0.6) is 0 Å². The minimum Gasteiger partial charge on any atom is -0.376 e. The standard InChI is InChI=1S/C12H13ClFN/c1-7-6-12(2,3)15-11-5-9(13)10(14)4-8(7)11/h4-6,15H,1-3H3. The summed E-state index contributed by atoms with van der Waals surface area (Å²) in [5.74, 6) is -0.371. The number of nitrogens with one attached hydrogen (secondary N) is 1. The Morgan fingerprint density at radius 2 is 2.00 bits per heavy atom. The molecule has 0 saturated heterocycles. The van der Waals surface area contributed by atoms with E-state index in [0.717, 1.165) is 16.8 Å². The van der Waals surface area contributed by atoms with E-state index in [1.807, 2.05) is 6.92 Å².